The van der Waals surface area contributed by atoms with Crippen molar-refractivity contribution in [3.63, 3.8) is 0 Å². The van der Waals surface area contributed by atoms with Crippen molar-refractivity contribution in [3.05, 3.63) is 34.9 Å². The van der Waals surface area contributed by atoms with Gasteiger partial charge in [-0.1, -0.05) is 35.0 Å². The third-order valence-corrected chi connectivity index (χ3v) is 1.77. The average Bonchev–Trinajstić information content (AvgIpc) is 2.06. The maximum atomic E-state index is 5.93. The molecule has 0 radical (unpaired) electrons. The van der Waals surface area contributed by atoms with Gasteiger partial charge in [-0.2, -0.15) is 0 Å². The van der Waals surface area contributed by atoms with Crippen LogP contribution in [0.3, 0.4) is 0 Å². The molecule has 0 amide bonds. The molecule has 0 fully saturated rings. The Hall–Kier alpha value is -1.02. The molecule has 0 bridgehead atoms. The zero-order valence-electron chi connectivity index (χ0n) is 8.62. The molecule has 1 rings (SSSR count). The summed E-state index contributed by atoms with van der Waals surface area (Å²) in [4.78, 5) is 5.20. The van der Waals surface area contributed by atoms with E-state index in [1.54, 1.807) is 6.21 Å². The van der Waals surface area contributed by atoms with Gasteiger partial charge in [0.25, 0.3) is 0 Å². The van der Waals surface area contributed by atoms with Gasteiger partial charge in [-0.3, -0.25) is 0 Å². The largest absolute Gasteiger partial charge is 0.390 e. The fourth-order valence-electron chi connectivity index (χ4n) is 0.821. The van der Waals surface area contributed by atoms with Gasteiger partial charge in [0.05, 0.1) is 6.21 Å². The van der Waals surface area contributed by atoms with Gasteiger partial charge < -0.3 is 4.84 Å². The van der Waals surface area contributed by atoms with E-state index in [0.717, 1.165) is 5.56 Å². The Morgan fingerprint density at radius 2 is 1.93 bits per heavy atom. The molecular formula is C11H14ClNO. The highest BCUT2D eigenvalue weighted by molar-refractivity contribution is 6.33. The Kier molecular flexibility index (Phi) is 3.53. The van der Waals surface area contributed by atoms with E-state index in [4.69, 9.17) is 16.4 Å². The quantitative estimate of drug-likeness (QED) is 0.542. The molecule has 0 heterocycles. The fourth-order valence-corrected chi connectivity index (χ4v) is 1.01. The second-order valence-electron chi connectivity index (χ2n) is 3.96. The molecule has 76 valence electrons. The number of oxime groups is 1. The number of benzene rings is 1. The lowest BCUT2D eigenvalue weighted by molar-refractivity contribution is 0.00199. The molecule has 0 saturated carbocycles. The Morgan fingerprint density at radius 1 is 1.29 bits per heavy atom. The average molecular weight is 212 g/mol. The first-order valence-corrected chi connectivity index (χ1v) is 4.83. The summed E-state index contributed by atoms with van der Waals surface area (Å²) in [5.41, 5.74) is 0.594. The van der Waals surface area contributed by atoms with Crippen LogP contribution in [0, 0.1) is 0 Å². The highest BCUT2D eigenvalue weighted by atomic mass is 35.5. The Labute approximate surface area is 89.5 Å². The highest BCUT2D eigenvalue weighted by Crippen LogP contribution is 2.13. The van der Waals surface area contributed by atoms with Crippen LogP contribution in [0.1, 0.15) is 26.3 Å². The Bertz CT molecular complexity index is 328. The van der Waals surface area contributed by atoms with Crippen LogP contribution in [-0.2, 0) is 4.84 Å². The Morgan fingerprint density at radius 3 is 2.50 bits per heavy atom. The molecule has 14 heavy (non-hydrogen) atoms. The molecule has 0 aliphatic rings. The molecule has 1 aromatic carbocycles. The van der Waals surface area contributed by atoms with Crippen LogP contribution in [0.5, 0.6) is 0 Å². The van der Waals surface area contributed by atoms with E-state index in [0.29, 0.717) is 5.02 Å². The smallest absolute Gasteiger partial charge is 0.129 e. The summed E-state index contributed by atoms with van der Waals surface area (Å²) < 4.78 is 0. The minimum atomic E-state index is -0.266. The number of nitrogens with zero attached hydrogens (tertiary/aromatic N) is 1. The van der Waals surface area contributed by atoms with Gasteiger partial charge in [-0.25, -0.2) is 0 Å². The summed E-state index contributed by atoms with van der Waals surface area (Å²) in [5.74, 6) is 0. The van der Waals surface area contributed by atoms with Crippen LogP contribution < -0.4 is 0 Å². The third kappa shape index (κ3) is 3.79. The summed E-state index contributed by atoms with van der Waals surface area (Å²) in [6.45, 7) is 5.82. The van der Waals surface area contributed by atoms with Gasteiger partial charge in [-0.15, -0.1) is 0 Å². The van der Waals surface area contributed by atoms with Crippen LogP contribution in [0.15, 0.2) is 29.4 Å². The molecule has 0 unspecified atom stereocenters. The van der Waals surface area contributed by atoms with E-state index in [-0.39, 0.29) is 5.60 Å². The summed E-state index contributed by atoms with van der Waals surface area (Å²) >= 11 is 5.93. The zero-order chi connectivity index (χ0) is 10.6. The van der Waals surface area contributed by atoms with Crippen molar-refractivity contribution in [2.24, 2.45) is 5.16 Å². The van der Waals surface area contributed by atoms with Crippen LogP contribution >= 0.6 is 11.6 Å². The van der Waals surface area contributed by atoms with Crippen molar-refractivity contribution in [1.29, 1.82) is 0 Å². The maximum absolute atomic E-state index is 5.93. The maximum Gasteiger partial charge on any atom is 0.129 e. The first-order valence-electron chi connectivity index (χ1n) is 4.45. The van der Waals surface area contributed by atoms with Crippen molar-refractivity contribution in [3.8, 4) is 0 Å². The van der Waals surface area contributed by atoms with Gasteiger partial charge in [0.15, 0.2) is 0 Å². The van der Waals surface area contributed by atoms with E-state index >= 15 is 0 Å². The van der Waals surface area contributed by atoms with Crippen molar-refractivity contribution < 1.29 is 4.84 Å². The number of hydrogen-bond acceptors (Lipinski definition) is 2. The molecule has 0 aromatic heterocycles. The molecule has 2 nitrogen and oxygen atoms in total. The van der Waals surface area contributed by atoms with Crippen molar-refractivity contribution >= 4 is 17.8 Å². The van der Waals surface area contributed by atoms with Crippen molar-refractivity contribution in [1.82, 2.24) is 0 Å². The van der Waals surface area contributed by atoms with Gasteiger partial charge in [0.1, 0.15) is 5.60 Å². The van der Waals surface area contributed by atoms with Crippen molar-refractivity contribution in [2.75, 3.05) is 0 Å². The molecule has 0 aliphatic heterocycles. The SMILES string of the molecule is CC(C)(C)ON=Cc1ccccc1Cl. The van der Waals surface area contributed by atoms with E-state index < -0.39 is 0 Å². The van der Waals surface area contributed by atoms with Gasteiger partial charge in [0.2, 0.25) is 0 Å². The lowest BCUT2D eigenvalue weighted by Crippen LogP contribution is -2.15. The monoisotopic (exact) mass is 211 g/mol. The molecule has 0 saturated heterocycles. The van der Waals surface area contributed by atoms with E-state index in [1.807, 2.05) is 45.0 Å². The normalized spacial score (nSPS) is 12.0. The van der Waals surface area contributed by atoms with Crippen LogP contribution in [0.25, 0.3) is 0 Å². The van der Waals surface area contributed by atoms with E-state index in [1.165, 1.54) is 0 Å². The molecule has 3 heteroatoms. The molecular weight excluding hydrogens is 198 g/mol. The highest BCUT2D eigenvalue weighted by Gasteiger charge is 2.09. The second-order valence-corrected chi connectivity index (χ2v) is 4.37. The van der Waals surface area contributed by atoms with Crippen LogP contribution in [0.4, 0.5) is 0 Å². The van der Waals surface area contributed by atoms with Gasteiger partial charge in [0, 0.05) is 10.6 Å². The third-order valence-electron chi connectivity index (χ3n) is 1.42. The molecule has 0 atom stereocenters. The zero-order valence-corrected chi connectivity index (χ0v) is 9.38. The topological polar surface area (TPSA) is 21.6 Å². The fraction of sp³-hybridized carbons (Fsp3) is 0.364. The lowest BCUT2D eigenvalue weighted by atomic mass is 10.2. The predicted molar refractivity (Wildman–Crippen MR) is 59.9 cm³/mol. The molecule has 0 N–H and O–H groups in total. The Balaban J connectivity index is 2.65. The van der Waals surface area contributed by atoms with Gasteiger partial charge in [-0.05, 0) is 26.8 Å². The lowest BCUT2D eigenvalue weighted by Gasteiger charge is -2.14. The van der Waals surface area contributed by atoms with E-state index in [2.05, 4.69) is 5.16 Å². The number of rotatable bonds is 2. The number of hydrogen-bond donors (Lipinski definition) is 0. The number of halogens is 1. The first kappa shape index (κ1) is 11.1. The minimum absolute atomic E-state index is 0.266. The van der Waals surface area contributed by atoms with Crippen LogP contribution in [0.2, 0.25) is 5.02 Å². The molecule has 0 aliphatic carbocycles. The van der Waals surface area contributed by atoms with E-state index in [9.17, 15) is 0 Å². The van der Waals surface area contributed by atoms with Gasteiger partial charge >= 0.3 is 0 Å². The predicted octanol–water partition coefficient (Wildman–Crippen LogP) is 3.49. The second kappa shape index (κ2) is 4.47. The van der Waals surface area contributed by atoms with Crippen molar-refractivity contribution in [2.45, 2.75) is 26.4 Å². The first-order chi connectivity index (χ1) is 6.49. The minimum Gasteiger partial charge on any atom is -0.390 e. The summed E-state index contributed by atoms with van der Waals surface area (Å²) in [7, 11) is 0. The molecule has 1 aromatic rings. The summed E-state index contributed by atoms with van der Waals surface area (Å²) in [5, 5.41) is 4.54. The summed E-state index contributed by atoms with van der Waals surface area (Å²) in [6.07, 6.45) is 1.62. The van der Waals surface area contributed by atoms with Crippen LogP contribution in [-0.4, -0.2) is 11.8 Å². The summed E-state index contributed by atoms with van der Waals surface area (Å²) in [6, 6.07) is 7.49. The molecule has 0 spiro atoms. The standard InChI is InChI=1S/C11H14ClNO/c1-11(2,3)14-13-8-9-6-4-5-7-10(9)12/h4-8H,1-3H3.